The maximum absolute atomic E-state index is 13.1. The molecule has 1 saturated heterocycles. The summed E-state index contributed by atoms with van der Waals surface area (Å²) in [4.78, 5) is 51.1. The Morgan fingerprint density at radius 3 is 2.41 bits per heavy atom. The quantitative estimate of drug-likeness (QED) is 0.357. The number of rotatable bonds is 7. The van der Waals surface area contributed by atoms with E-state index >= 15 is 0 Å². The van der Waals surface area contributed by atoms with Crippen LogP contribution in [0.25, 0.3) is 6.08 Å². The molecule has 0 bridgehead atoms. The van der Waals surface area contributed by atoms with Gasteiger partial charge in [0.25, 0.3) is 11.8 Å². The van der Waals surface area contributed by atoms with Gasteiger partial charge in [-0.25, -0.2) is 9.59 Å². The minimum atomic E-state index is -1.28. The summed E-state index contributed by atoms with van der Waals surface area (Å²) in [6, 6.07) is 16.7. The molecule has 34 heavy (non-hydrogen) atoms. The fraction of sp³-hybridized carbons (Fsp3) is 0.200. The number of amides is 2. The summed E-state index contributed by atoms with van der Waals surface area (Å²) in [7, 11) is 0. The first kappa shape index (κ1) is 23.3. The fourth-order valence-corrected chi connectivity index (χ4v) is 5.08. The second-order valence-electron chi connectivity index (χ2n) is 7.80. The summed E-state index contributed by atoms with van der Waals surface area (Å²) < 4.78 is 5.46. The molecule has 2 aliphatic rings. The number of carboxylic acids is 1. The maximum atomic E-state index is 13.1. The third kappa shape index (κ3) is 4.74. The number of aliphatic carboxylic acids is 1. The molecule has 9 heteroatoms. The minimum absolute atomic E-state index is 0.0451. The van der Waals surface area contributed by atoms with Gasteiger partial charge in [-0.05, 0) is 24.1 Å². The number of thioether (sulfide) groups is 1. The van der Waals surface area contributed by atoms with Crippen LogP contribution in [-0.4, -0.2) is 50.9 Å². The number of nitrogens with zero attached hydrogens (tertiary/aromatic N) is 1. The summed E-state index contributed by atoms with van der Waals surface area (Å²) in [5, 5.41) is 11.6. The Kier molecular flexibility index (Phi) is 6.83. The molecule has 0 aromatic heterocycles. The molecular weight excluding hydrogens is 456 g/mol. The average Bonchev–Trinajstić information content (AvgIpc) is 2.85. The Morgan fingerprint density at radius 1 is 1.12 bits per heavy atom. The van der Waals surface area contributed by atoms with Crippen LogP contribution < -0.4 is 5.32 Å². The van der Waals surface area contributed by atoms with Crippen LogP contribution in [0.2, 0.25) is 0 Å². The van der Waals surface area contributed by atoms with Crippen molar-refractivity contribution in [2.75, 3.05) is 5.75 Å². The van der Waals surface area contributed by atoms with E-state index in [1.807, 2.05) is 30.3 Å². The summed E-state index contributed by atoms with van der Waals surface area (Å²) in [6.45, 7) is 1.67. The van der Waals surface area contributed by atoms with E-state index in [0.717, 1.165) is 5.56 Å². The van der Waals surface area contributed by atoms with Gasteiger partial charge < -0.3 is 15.2 Å². The van der Waals surface area contributed by atoms with Crippen LogP contribution >= 0.6 is 11.8 Å². The standard InChI is InChI=1S/C25H22N2O6S/c1-15-14-34-24-19(23(30)27(24)20(15)25(31)32)26-22(29)21(17-10-6-3-7-11-17)33-18(28)13-12-16-8-4-2-5-9-16/h2-13,19,21,24H,14H2,1H3,(H,26,29)(H,31,32)/t19?,21-,24-/m1/s1. The van der Waals surface area contributed by atoms with Crippen molar-refractivity contribution in [1.82, 2.24) is 10.2 Å². The van der Waals surface area contributed by atoms with Gasteiger partial charge in [0.1, 0.15) is 17.1 Å². The van der Waals surface area contributed by atoms with Crippen molar-refractivity contribution in [2.24, 2.45) is 0 Å². The maximum Gasteiger partial charge on any atom is 0.352 e. The second-order valence-corrected chi connectivity index (χ2v) is 8.91. The number of carbonyl (C=O) groups is 4. The SMILES string of the molecule is CC1=C(C(=O)O)N2C(=O)C(NC(=O)[C@H](OC(=O)C=Cc3ccccc3)c3ccccc3)[C@H]2SC1. The molecule has 2 aromatic rings. The lowest BCUT2D eigenvalue weighted by molar-refractivity contribution is -0.156. The van der Waals surface area contributed by atoms with E-state index in [9.17, 15) is 24.3 Å². The highest BCUT2D eigenvalue weighted by molar-refractivity contribution is 8.00. The van der Waals surface area contributed by atoms with Gasteiger partial charge in [0.2, 0.25) is 6.10 Å². The molecule has 8 nitrogen and oxygen atoms in total. The first-order valence-electron chi connectivity index (χ1n) is 10.5. The largest absolute Gasteiger partial charge is 0.477 e. The topological polar surface area (TPSA) is 113 Å². The van der Waals surface area contributed by atoms with E-state index < -0.39 is 41.3 Å². The Balaban J connectivity index is 1.49. The van der Waals surface area contributed by atoms with Crippen molar-refractivity contribution < 1.29 is 29.0 Å². The highest BCUT2D eigenvalue weighted by atomic mass is 32.2. The lowest BCUT2D eigenvalue weighted by Crippen LogP contribution is -2.70. The highest BCUT2D eigenvalue weighted by Gasteiger charge is 2.54. The normalized spacial score (nSPS) is 20.4. The number of carbonyl (C=O) groups excluding carboxylic acids is 3. The van der Waals surface area contributed by atoms with Gasteiger partial charge in [-0.15, -0.1) is 11.8 Å². The van der Waals surface area contributed by atoms with Crippen LogP contribution in [0.1, 0.15) is 24.2 Å². The molecule has 0 spiro atoms. The molecule has 2 N–H and O–H groups in total. The van der Waals surface area contributed by atoms with E-state index in [1.165, 1.54) is 22.7 Å². The van der Waals surface area contributed by atoms with E-state index in [0.29, 0.717) is 16.9 Å². The Hall–Kier alpha value is -3.85. The summed E-state index contributed by atoms with van der Waals surface area (Å²) >= 11 is 1.37. The highest BCUT2D eigenvalue weighted by Crippen LogP contribution is 2.40. The molecule has 174 valence electrons. The predicted octanol–water partition coefficient (Wildman–Crippen LogP) is 2.74. The zero-order valence-electron chi connectivity index (χ0n) is 18.2. The smallest absolute Gasteiger partial charge is 0.352 e. The van der Waals surface area contributed by atoms with Gasteiger partial charge in [-0.3, -0.25) is 14.5 Å². The van der Waals surface area contributed by atoms with E-state index in [4.69, 9.17) is 4.74 Å². The number of nitrogens with one attached hydrogen (secondary N) is 1. The zero-order valence-corrected chi connectivity index (χ0v) is 19.0. The van der Waals surface area contributed by atoms with Gasteiger partial charge >= 0.3 is 11.9 Å². The lowest BCUT2D eigenvalue weighted by Gasteiger charge is -2.49. The molecule has 1 unspecified atom stereocenters. The van der Waals surface area contributed by atoms with E-state index in [1.54, 1.807) is 43.3 Å². The first-order chi connectivity index (χ1) is 16.4. The van der Waals surface area contributed by atoms with Crippen LogP contribution in [0.3, 0.4) is 0 Å². The van der Waals surface area contributed by atoms with Crippen LogP contribution in [0.5, 0.6) is 0 Å². The van der Waals surface area contributed by atoms with Gasteiger partial charge in [-0.1, -0.05) is 60.7 Å². The van der Waals surface area contributed by atoms with E-state index in [-0.39, 0.29) is 5.70 Å². The van der Waals surface area contributed by atoms with Crippen molar-refractivity contribution in [3.8, 4) is 0 Å². The molecule has 3 atom stereocenters. The monoisotopic (exact) mass is 478 g/mol. The number of ether oxygens (including phenoxy) is 1. The van der Waals surface area contributed by atoms with Crippen molar-refractivity contribution in [3.63, 3.8) is 0 Å². The van der Waals surface area contributed by atoms with Crippen LogP contribution in [0.15, 0.2) is 78.0 Å². The van der Waals surface area contributed by atoms with Crippen LogP contribution in [0.4, 0.5) is 0 Å². The molecule has 2 aromatic carbocycles. The van der Waals surface area contributed by atoms with Gasteiger partial charge in [-0.2, -0.15) is 0 Å². The number of hydrogen-bond donors (Lipinski definition) is 2. The Morgan fingerprint density at radius 2 is 1.76 bits per heavy atom. The number of carboxylic acid groups (broad SMARTS) is 1. The third-order valence-electron chi connectivity index (χ3n) is 5.45. The van der Waals surface area contributed by atoms with Gasteiger partial charge in [0, 0.05) is 17.4 Å². The number of hydrogen-bond acceptors (Lipinski definition) is 6. The molecule has 0 aliphatic carbocycles. The predicted molar refractivity (Wildman–Crippen MR) is 126 cm³/mol. The third-order valence-corrected chi connectivity index (χ3v) is 6.87. The number of fused-ring (bicyclic) bond motifs is 1. The fourth-order valence-electron chi connectivity index (χ4n) is 3.79. The lowest BCUT2D eigenvalue weighted by atomic mass is 10.0. The molecule has 2 aliphatic heterocycles. The first-order valence-corrected chi connectivity index (χ1v) is 11.6. The molecule has 2 amide bonds. The summed E-state index contributed by atoms with van der Waals surface area (Å²) in [6.07, 6.45) is 1.54. The number of benzene rings is 2. The van der Waals surface area contributed by atoms with Crippen molar-refractivity contribution in [3.05, 3.63) is 89.1 Å². The number of β-lactam (4-membered cyclic amide) rings is 1. The van der Waals surface area contributed by atoms with Crippen LogP contribution in [-0.2, 0) is 23.9 Å². The zero-order chi connectivity index (χ0) is 24.2. The van der Waals surface area contributed by atoms with Gasteiger partial charge in [0.05, 0.1) is 0 Å². The molecule has 0 radical (unpaired) electrons. The average molecular weight is 479 g/mol. The molecule has 4 rings (SSSR count). The molecule has 2 heterocycles. The number of esters is 1. The second kappa shape index (κ2) is 9.96. The molecule has 1 fully saturated rings. The summed E-state index contributed by atoms with van der Waals surface area (Å²) in [5.41, 5.74) is 1.79. The van der Waals surface area contributed by atoms with Crippen molar-refractivity contribution >= 4 is 41.6 Å². The van der Waals surface area contributed by atoms with Gasteiger partial charge in [0.15, 0.2) is 0 Å². The molecular formula is C25H22N2O6S. The molecule has 0 saturated carbocycles. The van der Waals surface area contributed by atoms with Crippen molar-refractivity contribution in [1.29, 1.82) is 0 Å². The Bertz CT molecular complexity index is 1180. The summed E-state index contributed by atoms with van der Waals surface area (Å²) in [5.74, 6) is -2.63. The minimum Gasteiger partial charge on any atom is -0.477 e. The van der Waals surface area contributed by atoms with Crippen LogP contribution in [0, 0.1) is 0 Å². The van der Waals surface area contributed by atoms with E-state index in [2.05, 4.69) is 5.32 Å². The Labute approximate surface area is 200 Å². The van der Waals surface area contributed by atoms with Crippen molar-refractivity contribution in [2.45, 2.75) is 24.4 Å².